The number of urea groups is 1. The van der Waals surface area contributed by atoms with Crippen LogP contribution in [0.5, 0.6) is 0 Å². The molecule has 0 aromatic heterocycles. The third-order valence-corrected chi connectivity index (χ3v) is 3.07. The van der Waals surface area contributed by atoms with Gasteiger partial charge in [0.2, 0.25) is 0 Å². The standard InChI is InChI=1S/C10H18N2O5/c1-6-10(2,3-4-17-6)12-9(16)11-7(5-13)8(14)15/h6-7,13H,3-5H2,1-2H3,(H,14,15)(H2,11,12,16)/t6?,7-,10?/m0/s1. The summed E-state index contributed by atoms with van der Waals surface area (Å²) in [6.07, 6.45) is 0.531. The Kier molecular flexibility index (Phi) is 4.30. The summed E-state index contributed by atoms with van der Waals surface area (Å²) < 4.78 is 5.34. The smallest absolute Gasteiger partial charge is 0.328 e. The maximum Gasteiger partial charge on any atom is 0.328 e. The van der Waals surface area contributed by atoms with Crippen LogP contribution >= 0.6 is 0 Å². The SMILES string of the molecule is CC1OCCC1(C)NC(=O)N[C@@H](CO)C(=O)O. The summed E-state index contributed by atoms with van der Waals surface area (Å²) >= 11 is 0. The lowest BCUT2D eigenvalue weighted by molar-refractivity contribution is -0.140. The van der Waals surface area contributed by atoms with E-state index in [4.69, 9.17) is 14.9 Å². The van der Waals surface area contributed by atoms with Gasteiger partial charge in [-0.25, -0.2) is 9.59 Å². The fourth-order valence-corrected chi connectivity index (χ4v) is 1.64. The molecule has 0 spiro atoms. The van der Waals surface area contributed by atoms with Gasteiger partial charge in [0.15, 0.2) is 6.04 Å². The number of ether oxygens (including phenoxy) is 1. The molecule has 1 saturated heterocycles. The second-order valence-corrected chi connectivity index (χ2v) is 4.35. The minimum atomic E-state index is -1.30. The highest BCUT2D eigenvalue weighted by atomic mass is 16.5. The zero-order valence-electron chi connectivity index (χ0n) is 9.90. The number of amides is 2. The molecule has 1 aliphatic rings. The van der Waals surface area contributed by atoms with Crippen molar-refractivity contribution in [2.24, 2.45) is 0 Å². The maximum absolute atomic E-state index is 11.6. The average molecular weight is 246 g/mol. The molecule has 0 aliphatic carbocycles. The van der Waals surface area contributed by atoms with Crippen molar-refractivity contribution in [1.82, 2.24) is 10.6 Å². The summed E-state index contributed by atoms with van der Waals surface area (Å²) in [5.74, 6) is -1.27. The van der Waals surface area contributed by atoms with Crippen LogP contribution in [0.15, 0.2) is 0 Å². The van der Waals surface area contributed by atoms with Crippen LogP contribution in [0.2, 0.25) is 0 Å². The molecule has 1 fully saturated rings. The number of carbonyl (C=O) groups excluding carboxylic acids is 1. The highest BCUT2D eigenvalue weighted by Gasteiger charge is 2.38. The van der Waals surface area contributed by atoms with Crippen molar-refractivity contribution in [3.8, 4) is 0 Å². The maximum atomic E-state index is 11.6. The summed E-state index contributed by atoms with van der Waals surface area (Å²) in [4.78, 5) is 22.2. The van der Waals surface area contributed by atoms with Gasteiger partial charge in [0.05, 0.1) is 18.2 Å². The van der Waals surface area contributed by atoms with Crippen LogP contribution in [-0.2, 0) is 9.53 Å². The molecular weight excluding hydrogens is 228 g/mol. The molecule has 1 rings (SSSR count). The van der Waals surface area contributed by atoms with Crippen LogP contribution in [0, 0.1) is 0 Å². The molecule has 2 amide bonds. The van der Waals surface area contributed by atoms with E-state index < -0.39 is 30.2 Å². The highest BCUT2D eigenvalue weighted by Crippen LogP contribution is 2.24. The number of aliphatic hydroxyl groups excluding tert-OH is 1. The van der Waals surface area contributed by atoms with E-state index in [0.717, 1.165) is 0 Å². The summed E-state index contributed by atoms with van der Waals surface area (Å²) in [6, 6.07) is -1.91. The molecular formula is C10H18N2O5. The van der Waals surface area contributed by atoms with Gasteiger partial charge < -0.3 is 25.6 Å². The Morgan fingerprint density at radius 2 is 2.24 bits per heavy atom. The molecule has 17 heavy (non-hydrogen) atoms. The van der Waals surface area contributed by atoms with Gasteiger partial charge in [0.1, 0.15) is 0 Å². The highest BCUT2D eigenvalue weighted by molar-refractivity contribution is 5.83. The van der Waals surface area contributed by atoms with Gasteiger partial charge >= 0.3 is 12.0 Å². The molecule has 4 N–H and O–H groups in total. The van der Waals surface area contributed by atoms with E-state index in [9.17, 15) is 9.59 Å². The average Bonchev–Trinajstić information content (AvgIpc) is 2.55. The summed E-state index contributed by atoms with van der Waals surface area (Å²) in [6.45, 7) is 3.58. The number of aliphatic carboxylic acids is 1. The molecule has 1 heterocycles. The lowest BCUT2D eigenvalue weighted by atomic mass is 9.95. The van der Waals surface area contributed by atoms with Crippen LogP contribution in [0.4, 0.5) is 4.79 Å². The molecule has 3 atom stereocenters. The molecule has 98 valence electrons. The fourth-order valence-electron chi connectivity index (χ4n) is 1.64. The Balaban J connectivity index is 2.52. The van der Waals surface area contributed by atoms with E-state index in [2.05, 4.69) is 10.6 Å². The zero-order chi connectivity index (χ0) is 13.1. The minimum absolute atomic E-state index is 0.134. The molecule has 2 unspecified atom stereocenters. The number of rotatable bonds is 4. The van der Waals surface area contributed by atoms with Gasteiger partial charge in [0.25, 0.3) is 0 Å². The predicted octanol–water partition coefficient (Wildman–Crippen LogP) is -0.701. The van der Waals surface area contributed by atoms with E-state index in [0.29, 0.717) is 13.0 Å². The van der Waals surface area contributed by atoms with Crippen molar-refractivity contribution in [1.29, 1.82) is 0 Å². The van der Waals surface area contributed by atoms with Gasteiger partial charge in [-0.15, -0.1) is 0 Å². The predicted molar refractivity (Wildman–Crippen MR) is 58.6 cm³/mol. The Morgan fingerprint density at radius 3 is 2.65 bits per heavy atom. The lowest BCUT2D eigenvalue weighted by Crippen LogP contribution is -2.57. The molecule has 0 radical (unpaired) electrons. The number of carbonyl (C=O) groups is 2. The molecule has 1 aliphatic heterocycles. The van der Waals surface area contributed by atoms with Gasteiger partial charge in [0, 0.05) is 6.61 Å². The van der Waals surface area contributed by atoms with Crippen LogP contribution in [0.1, 0.15) is 20.3 Å². The molecule has 0 aromatic carbocycles. The van der Waals surface area contributed by atoms with Gasteiger partial charge in [-0.1, -0.05) is 0 Å². The van der Waals surface area contributed by atoms with Crippen molar-refractivity contribution in [3.05, 3.63) is 0 Å². The minimum Gasteiger partial charge on any atom is -0.480 e. The first-order valence-electron chi connectivity index (χ1n) is 5.43. The second kappa shape index (κ2) is 5.33. The van der Waals surface area contributed by atoms with Crippen LogP contribution in [0.25, 0.3) is 0 Å². The quantitative estimate of drug-likeness (QED) is 0.524. The fraction of sp³-hybridized carbons (Fsp3) is 0.800. The normalized spacial score (nSPS) is 29.7. The first-order chi connectivity index (χ1) is 7.89. The summed E-state index contributed by atoms with van der Waals surface area (Å²) in [7, 11) is 0. The second-order valence-electron chi connectivity index (χ2n) is 4.35. The van der Waals surface area contributed by atoms with E-state index in [1.165, 1.54) is 0 Å². The number of nitrogens with one attached hydrogen (secondary N) is 2. The Hall–Kier alpha value is -1.34. The topological polar surface area (TPSA) is 108 Å². The van der Waals surface area contributed by atoms with Crippen molar-refractivity contribution >= 4 is 12.0 Å². The van der Waals surface area contributed by atoms with Crippen molar-refractivity contribution < 1.29 is 24.5 Å². The number of aliphatic hydroxyl groups is 1. The molecule has 7 nitrogen and oxygen atoms in total. The molecule has 0 bridgehead atoms. The number of carboxylic acids is 1. The Bertz CT molecular complexity index is 309. The summed E-state index contributed by atoms with van der Waals surface area (Å²) in [5.41, 5.74) is -0.511. The number of hydrogen-bond donors (Lipinski definition) is 4. The number of hydrogen-bond acceptors (Lipinski definition) is 4. The van der Waals surface area contributed by atoms with Gasteiger partial charge in [-0.3, -0.25) is 0 Å². The Morgan fingerprint density at radius 1 is 1.59 bits per heavy atom. The third kappa shape index (κ3) is 3.31. The first kappa shape index (κ1) is 13.7. The largest absolute Gasteiger partial charge is 0.480 e. The molecule has 7 heteroatoms. The third-order valence-electron chi connectivity index (χ3n) is 3.07. The monoisotopic (exact) mass is 246 g/mol. The van der Waals surface area contributed by atoms with E-state index in [-0.39, 0.29) is 6.10 Å². The number of carboxylic acid groups (broad SMARTS) is 1. The van der Waals surface area contributed by atoms with E-state index >= 15 is 0 Å². The zero-order valence-corrected chi connectivity index (χ0v) is 9.90. The Labute approximate surface area is 99.1 Å². The first-order valence-corrected chi connectivity index (χ1v) is 5.43. The molecule has 0 saturated carbocycles. The van der Waals surface area contributed by atoms with Crippen molar-refractivity contribution in [3.63, 3.8) is 0 Å². The van der Waals surface area contributed by atoms with Gasteiger partial charge in [-0.05, 0) is 20.3 Å². The van der Waals surface area contributed by atoms with Crippen molar-refractivity contribution in [2.75, 3.05) is 13.2 Å². The summed E-state index contributed by atoms with van der Waals surface area (Å²) in [5, 5.41) is 22.3. The van der Waals surface area contributed by atoms with E-state index in [1.807, 2.05) is 13.8 Å². The van der Waals surface area contributed by atoms with Crippen LogP contribution < -0.4 is 10.6 Å². The lowest BCUT2D eigenvalue weighted by Gasteiger charge is -2.29. The van der Waals surface area contributed by atoms with Gasteiger partial charge in [-0.2, -0.15) is 0 Å². The van der Waals surface area contributed by atoms with Crippen LogP contribution in [-0.4, -0.2) is 53.1 Å². The molecule has 0 aromatic rings. The van der Waals surface area contributed by atoms with Crippen LogP contribution in [0.3, 0.4) is 0 Å². The van der Waals surface area contributed by atoms with Crippen molar-refractivity contribution in [2.45, 2.75) is 38.0 Å². The van der Waals surface area contributed by atoms with E-state index in [1.54, 1.807) is 0 Å².